The van der Waals surface area contributed by atoms with Crippen LogP contribution in [0.15, 0.2) is 54.6 Å². The first kappa shape index (κ1) is 16.3. The molecule has 1 N–H and O–H groups in total. The zero-order chi connectivity index (χ0) is 16.1. The van der Waals surface area contributed by atoms with Crippen LogP contribution in [0, 0.1) is 0 Å². The van der Waals surface area contributed by atoms with Gasteiger partial charge in [-0.1, -0.05) is 29.8 Å². The number of benzene rings is 2. The quantitative estimate of drug-likeness (QED) is 0.667. The molecule has 0 aliphatic carbocycles. The van der Waals surface area contributed by atoms with Gasteiger partial charge in [-0.2, -0.15) is 0 Å². The van der Waals surface area contributed by atoms with Crippen LogP contribution < -0.4 is 10.3 Å². The summed E-state index contributed by atoms with van der Waals surface area (Å²) in [5, 5.41) is 7.24. The molecule has 22 heavy (non-hydrogen) atoms. The Morgan fingerprint density at radius 2 is 1.68 bits per heavy atom. The van der Waals surface area contributed by atoms with Crippen LogP contribution >= 0.6 is 23.8 Å². The number of nitrogens with one attached hydrogen (secondary N) is 1. The highest BCUT2D eigenvalue weighted by Crippen LogP contribution is 2.18. The van der Waals surface area contributed by atoms with E-state index in [1.54, 1.807) is 24.2 Å². The molecule has 1 amide bonds. The number of hydrogen-bond donors (Lipinski definition) is 1. The second-order valence-corrected chi connectivity index (χ2v) is 5.45. The maximum atomic E-state index is 12.0. The van der Waals surface area contributed by atoms with Gasteiger partial charge < -0.3 is 5.32 Å². The lowest BCUT2D eigenvalue weighted by atomic mass is 10.3. The number of halogens is 1. The fourth-order valence-electron chi connectivity index (χ4n) is 1.96. The van der Waals surface area contributed by atoms with Crippen molar-refractivity contribution >= 4 is 46.2 Å². The number of nitrogens with zero attached hydrogens (tertiary/aromatic N) is 2. The van der Waals surface area contributed by atoms with Crippen LogP contribution in [0.5, 0.6) is 0 Å². The Morgan fingerprint density at radius 1 is 1.09 bits per heavy atom. The van der Waals surface area contributed by atoms with Crippen LogP contribution in [0.3, 0.4) is 0 Å². The van der Waals surface area contributed by atoms with Gasteiger partial charge >= 0.3 is 0 Å². The largest absolute Gasteiger partial charge is 0.331 e. The van der Waals surface area contributed by atoms with Gasteiger partial charge in [0.2, 0.25) is 5.91 Å². The third kappa shape index (κ3) is 3.96. The van der Waals surface area contributed by atoms with E-state index >= 15 is 0 Å². The Balaban J connectivity index is 2.16. The molecule has 2 rings (SSSR count). The van der Waals surface area contributed by atoms with Crippen molar-refractivity contribution in [2.75, 3.05) is 17.4 Å². The van der Waals surface area contributed by atoms with E-state index in [2.05, 4.69) is 5.32 Å². The molecule has 0 fully saturated rings. The highest BCUT2D eigenvalue weighted by molar-refractivity contribution is 7.80. The highest BCUT2D eigenvalue weighted by atomic mass is 35.5. The molecule has 0 saturated carbocycles. The molecule has 0 unspecified atom stereocenters. The first-order valence-corrected chi connectivity index (χ1v) is 7.43. The zero-order valence-corrected chi connectivity index (χ0v) is 13.9. The monoisotopic (exact) mass is 333 g/mol. The van der Waals surface area contributed by atoms with Gasteiger partial charge in [-0.25, -0.2) is 5.01 Å². The summed E-state index contributed by atoms with van der Waals surface area (Å²) in [7, 11) is 1.74. The molecular formula is C16H16ClN3OS. The molecule has 0 spiro atoms. The summed E-state index contributed by atoms with van der Waals surface area (Å²) in [4.78, 5) is 12.0. The molecule has 0 atom stereocenters. The van der Waals surface area contributed by atoms with E-state index in [9.17, 15) is 4.79 Å². The number of anilines is 2. The normalized spacial score (nSPS) is 9.95. The van der Waals surface area contributed by atoms with Gasteiger partial charge in [0.05, 0.1) is 5.69 Å². The minimum atomic E-state index is -0.131. The minimum Gasteiger partial charge on any atom is -0.331 e. The van der Waals surface area contributed by atoms with Crippen molar-refractivity contribution in [3.63, 3.8) is 0 Å². The Hall–Kier alpha value is -2.11. The number of carbonyl (C=O) groups is 1. The van der Waals surface area contributed by atoms with Crippen LogP contribution in [0.25, 0.3) is 0 Å². The van der Waals surface area contributed by atoms with Crippen molar-refractivity contribution in [2.24, 2.45) is 0 Å². The van der Waals surface area contributed by atoms with Gasteiger partial charge in [-0.05, 0) is 48.6 Å². The van der Waals surface area contributed by atoms with Gasteiger partial charge in [0.1, 0.15) is 0 Å². The number of thiocarbonyl (C=S) groups is 1. The summed E-state index contributed by atoms with van der Waals surface area (Å²) in [6.07, 6.45) is 0. The fourth-order valence-corrected chi connectivity index (χ4v) is 2.29. The molecule has 6 heteroatoms. The summed E-state index contributed by atoms with van der Waals surface area (Å²) in [6, 6.07) is 16.5. The summed E-state index contributed by atoms with van der Waals surface area (Å²) in [5.74, 6) is -0.131. The predicted molar refractivity (Wildman–Crippen MR) is 95.0 cm³/mol. The smallest absolute Gasteiger partial charge is 0.242 e. The van der Waals surface area contributed by atoms with E-state index in [1.807, 2.05) is 42.5 Å². The summed E-state index contributed by atoms with van der Waals surface area (Å²) < 4.78 is 0. The topological polar surface area (TPSA) is 35.6 Å². The SMILES string of the molecule is CC(=O)N(c1ccccc1)N(C)C(=S)Nc1ccc(Cl)cc1. The molecule has 114 valence electrons. The zero-order valence-electron chi connectivity index (χ0n) is 12.3. The number of para-hydroxylation sites is 1. The van der Waals surface area contributed by atoms with Gasteiger partial charge in [-0.3, -0.25) is 9.80 Å². The molecule has 0 bridgehead atoms. The van der Waals surface area contributed by atoms with Crippen LogP contribution in [0.2, 0.25) is 5.02 Å². The average molecular weight is 334 g/mol. The second-order valence-electron chi connectivity index (χ2n) is 4.63. The molecule has 0 heterocycles. The molecular weight excluding hydrogens is 318 g/mol. The maximum absolute atomic E-state index is 12.0. The molecule has 0 aliphatic heterocycles. The molecule has 4 nitrogen and oxygen atoms in total. The number of hydrogen-bond acceptors (Lipinski definition) is 2. The average Bonchev–Trinajstić information content (AvgIpc) is 2.50. The van der Waals surface area contributed by atoms with Crippen molar-refractivity contribution in [3.8, 4) is 0 Å². The Bertz CT molecular complexity index is 661. The number of rotatable bonds is 2. The first-order chi connectivity index (χ1) is 10.5. The van der Waals surface area contributed by atoms with Crippen molar-refractivity contribution in [3.05, 3.63) is 59.6 Å². The van der Waals surface area contributed by atoms with E-state index in [1.165, 1.54) is 11.9 Å². The van der Waals surface area contributed by atoms with Crippen LogP contribution in [0.4, 0.5) is 11.4 Å². The van der Waals surface area contributed by atoms with E-state index in [0.717, 1.165) is 11.4 Å². The maximum Gasteiger partial charge on any atom is 0.242 e. The van der Waals surface area contributed by atoms with Gasteiger partial charge in [0.25, 0.3) is 0 Å². The van der Waals surface area contributed by atoms with Crippen molar-refractivity contribution in [1.82, 2.24) is 5.01 Å². The fraction of sp³-hybridized carbons (Fsp3) is 0.125. The number of amides is 1. The van der Waals surface area contributed by atoms with Gasteiger partial charge in [-0.15, -0.1) is 0 Å². The lowest BCUT2D eigenvalue weighted by molar-refractivity contribution is -0.118. The Kier molecular flexibility index (Phi) is 5.35. The molecule has 0 saturated heterocycles. The summed E-state index contributed by atoms with van der Waals surface area (Å²) in [6.45, 7) is 1.49. The van der Waals surface area contributed by atoms with E-state index in [0.29, 0.717) is 10.1 Å². The third-order valence-corrected chi connectivity index (χ3v) is 3.61. The highest BCUT2D eigenvalue weighted by Gasteiger charge is 2.19. The van der Waals surface area contributed by atoms with Crippen LogP contribution in [-0.4, -0.2) is 23.1 Å². The Morgan fingerprint density at radius 3 is 2.23 bits per heavy atom. The predicted octanol–water partition coefficient (Wildman–Crippen LogP) is 3.94. The minimum absolute atomic E-state index is 0.131. The van der Waals surface area contributed by atoms with Crippen molar-refractivity contribution in [2.45, 2.75) is 6.92 Å². The van der Waals surface area contributed by atoms with E-state index in [4.69, 9.17) is 23.8 Å². The summed E-state index contributed by atoms with van der Waals surface area (Å²) in [5.41, 5.74) is 1.55. The number of carbonyl (C=O) groups excluding carboxylic acids is 1. The molecule has 0 aliphatic rings. The van der Waals surface area contributed by atoms with Gasteiger partial charge in [0, 0.05) is 24.7 Å². The molecule has 2 aromatic rings. The third-order valence-electron chi connectivity index (χ3n) is 2.99. The van der Waals surface area contributed by atoms with Crippen molar-refractivity contribution in [1.29, 1.82) is 0 Å². The van der Waals surface area contributed by atoms with Crippen molar-refractivity contribution < 1.29 is 4.79 Å². The first-order valence-electron chi connectivity index (χ1n) is 6.65. The van der Waals surface area contributed by atoms with Crippen LogP contribution in [0.1, 0.15) is 6.92 Å². The van der Waals surface area contributed by atoms with E-state index in [-0.39, 0.29) is 5.91 Å². The lowest BCUT2D eigenvalue weighted by Crippen LogP contribution is -2.48. The lowest BCUT2D eigenvalue weighted by Gasteiger charge is -2.32. The number of hydrazine groups is 1. The molecule has 0 aromatic heterocycles. The molecule has 0 radical (unpaired) electrons. The molecule has 2 aromatic carbocycles. The second kappa shape index (κ2) is 7.24. The van der Waals surface area contributed by atoms with Crippen LogP contribution in [-0.2, 0) is 4.79 Å². The van der Waals surface area contributed by atoms with E-state index < -0.39 is 0 Å². The standard InChI is InChI=1S/C16H16ClN3OS/c1-12(21)20(15-6-4-3-5-7-15)19(2)16(22)18-14-10-8-13(17)9-11-14/h3-11H,1-2H3,(H,18,22). The van der Waals surface area contributed by atoms with Gasteiger partial charge in [0.15, 0.2) is 5.11 Å². The summed E-state index contributed by atoms with van der Waals surface area (Å²) >= 11 is 11.2. The Labute approximate surface area is 140 Å².